The maximum absolute atomic E-state index is 4.69. The van der Waals surface area contributed by atoms with Crippen LogP contribution < -0.4 is 5.32 Å². The first-order chi connectivity index (χ1) is 9.75. The third-order valence-electron chi connectivity index (χ3n) is 3.69. The molecule has 2 aromatic carbocycles. The Bertz CT molecular complexity index is 728. The zero-order valence-corrected chi connectivity index (χ0v) is 11.9. The summed E-state index contributed by atoms with van der Waals surface area (Å²) >= 11 is 0. The lowest BCUT2D eigenvalue weighted by Crippen LogP contribution is -2.09. The number of nitrogens with one attached hydrogen (secondary N) is 1. The van der Waals surface area contributed by atoms with Gasteiger partial charge in [-0.25, -0.2) is 4.98 Å². The molecule has 20 heavy (non-hydrogen) atoms. The van der Waals surface area contributed by atoms with Crippen molar-refractivity contribution in [2.24, 2.45) is 7.05 Å². The van der Waals surface area contributed by atoms with E-state index in [-0.39, 0.29) is 0 Å². The Morgan fingerprint density at radius 2 is 1.80 bits per heavy atom. The highest BCUT2D eigenvalue weighted by atomic mass is 15.1. The summed E-state index contributed by atoms with van der Waals surface area (Å²) in [5.74, 6) is 1.12. The molecule has 0 aliphatic carbocycles. The Labute approximate surface area is 119 Å². The van der Waals surface area contributed by atoms with Gasteiger partial charge in [-0.05, 0) is 30.7 Å². The van der Waals surface area contributed by atoms with Gasteiger partial charge in [-0.15, -0.1) is 0 Å². The lowest BCUT2D eigenvalue weighted by molar-refractivity contribution is 0.807. The highest BCUT2D eigenvalue weighted by molar-refractivity contribution is 5.75. The van der Waals surface area contributed by atoms with Gasteiger partial charge in [0.15, 0.2) is 0 Å². The van der Waals surface area contributed by atoms with E-state index in [1.807, 2.05) is 6.07 Å². The van der Waals surface area contributed by atoms with E-state index >= 15 is 0 Å². The van der Waals surface area contributed by atoms with Gasteiger partial charge in [0, 0.05) is 25.7 Å². The molecule has 0 saturated heterocycles. The van der Waals surface area contributed by atoms with Gasteiger partial charge in [-0.3, -0.25) is 0 Å². The summed E-state index contributed by atoms with van der Waals surface area (Å²) in [7, 11) is 2.08. The van der Waals surface area contributed by atoms with Gasteiger partial charge in [0.2, 0.25) is 0 Å². The molecule has 0 radical (unpaired) electrons. The van der Waals surface area contributed by atoms with E-state index in [4.69, 9.17) is 0 Å². The molecule has 102 valence electrons. The number of anilines is 1. The summed E-state index contributed by atoms with van der Waals surface area (Å²) < 4.78 is 2.18. The summed E-state index contributed by atoms with van der Waals surface area (Å²) in [6.45, 7) is 3.01. The smallest absolute Gasteiger partial charge is 0.111 e. The number of para-hydroxylation sites is 3. The fourth-order valence-corrected chi connectivity index (χ4v) is 2.50. The first-order valence-electron chi connectivity index (χ1n) is 6.95. The van der Waals surface area contributed by atoms with Gasteiger partial charge in [0.25, 0.3) is 0 Å². The van der Waals surface area contributed by atoms with E-state index in [9.17, 15) is 0 Å². The number of imidazole rings is 1. The maximum Gasteiger partial charge on any atom is 0.111 e. The largest absolute Gasteiger partial charge is 0.384 e. The van der Waals surface area contributed by atoms with Gasteiger partial charge in [0.1, 0.15) is 5.82 Å². The number of aryl methyl sites for hydroxylation is 2. The zero-order chi connectivity index (χ0) is 13.9. The third kappa shape index (κ3) is 2.39. The Morgan fingerprint density at radius 1 is 1.05 bits per heavy atom. The molecule has 1 aromatic heterocycles. The van der Waals surface area contributed by atoms with Crippen LogP contribution in [0.2, 0.25) is 0 Å². The van der Waals surface area contributed by atoms with E-state index in [2.05, 4.69) is 71.3 Å². The fourth-order valence-electron chi connectivity index (χ4n) is 2.50. The lowest BCUT2D eigenvalue weighted by atomic mass is 10.2. The predicted molar refractivity (Wildman–Crippen MR) is 84.1 cm³/mol. The van der Waals surface area contributed by atoms with Gasteiger partial charge in [-0.1, -0.05) is 30.3 Å². The van der Waals surface area contributed by atoms with E-state index in [1.165, 1.54) is 16.8 Å². The molecule has 0 saturated carbocycles. The number of benzene rings is 2. The molecule has 0 fully saturated rings. The summed E-state index contributed by atoms with van der Waals surface area (Å²) in [5.41, 5.74) is 4.74. The summed E-state index contributed by atoms with van der Waals surface area (Å²) in [6, 6.07) is 16.6. The second kappa shape index (κ2) is 5.37. The number of nitrogens with zero attached hydrogens (tertiary/aromatic N) is 2. The van der Waals surface area contributed by atoms with Crippen LogP contribution in [-0.4, -0.2) is 16.1 Å². The Morgan fingerprint density at radius 3 is 2.60 bits per heavy atom. The molecule has 0 bridgehead atoms. The van der Waals surface area contributed by atoms with E-state index < -0.39 is 0 Å². The van der Waals surface area contributed by atoms with Gasteiger partial charge >= 0.3 is 0 Å². The Balaban J connectivity index is 1.71. The molecular formula is C17H19N3. The van der Waals surface area contributed by atoms with Crippen LogP contribution in [0.3, 0.4) is 0 Å². The van der Waals surface area contributed by atoms with Crippen molar-refractivity contribution >= 4 is 16.7 Å². The number of hydrogen-bond donors (Lipinski definition) is 1. The summed E-state index contributed by atoms with van der Waals surface area (Å²) in [4.78, 5) is 4.69. The number of fused-ring (bicyclic) bond motifs is 1. The predicted octanol–water partition coefficient (Wildman–Crippen LogP) is 3.54. The van der Waals surface area contributed by atoms with Crippen LogP contribution in [0.5, 0.6) is 0 Å². The van der Waals surface area contributed by atoms with Crippen molar-refractivity contribution < 1.29 is 0 Å². The first-order valence-corrected chi connectivity index (χ1v) is 6.95. The minimum atomic E-state index is 0.891. The maximum atomic E-state index is 4.69. The molecule has 3 aromatic rings. The first kappa shape index (κ1) is 12.7. The highest BCUT2D eigenvalue weighted by Crippen LogP contribution is 2.16. The quantitative estimate of drug-likeness (QED) is 0.782. The van der Waals surface area contributed by atoms with Crippen LogP contribution in [0, 0.1) is 6.92 Å². The van der Waals surface area contributed by atoms with Crippen molar-refractivity contribution in [2.75, 3.05) is 11.9 Å². The molecule has 0 unspecified atom stereocenters. The monoisotopic (exact) mass is 265 g/mol. The van der Waals surface area contributed by atoms with Crippen LogP contribution in [0.4, 0.5) is 5.69 Å². The normalized spacial score (nSPS) is 10.9. The molecule has 0 atom stereocenters. The summed E-state index contributed by atoms with van der Waals surface area (Å²) in [6.07, 6.45) is 0.916. The number of hydrogen-bond acceptors (Lipinski definition) is 2. The van der Waals surface area contributed by atoms with Crippen molar-refractivity contribution in [1.82, 2.24) is 9.55 Å². The second-order valence-corrected chi connectivity index (χ2v) is 5.07. The van der Waals surface area contributed by atoms with Crippen LogP contribution in [0.1, 0.15) is 11.4 Å². The average Bonchev–Trinajstić information content (AvgIpc) is 2.78. The molecule has 0 spiro atoms. The Hall–Kier alpha value is -2.29. The number of aromatic nitrogens is 2. The van der Waals surface area contributed by atoms with E-state index in [0.29, 0.717) is 0 Å². The van der Waals surface area contributed by atoms with Crippen LogP contribution in [0.15, 0.2) is 48.5 Å². The van der Waals surface area contributed by atoms with Crippen molar-refractivity contribution in [3.8, 4) is 0 Å². The standard InChI is InChI=1S/C17H19N3/c1-13-7-3-4-8-14(13)18-12-11-17-19-15-9-5-6-10-16(15)20(17)2/h3-10,18H,11-12H2,1-2H3. The van der Waals surface area contributed by atoms with E-state index in [1.54, 1.807) is 0 Å². The van der Waals surface area contributed by atoms with Crippen molar-refractivity contribution in [3.05, 3.63) is 59.9 Å². The van der Waals surface area contributed by atoms with Gasteiger partial charge in [-0.2, -0.15) is 0 Å². The zero-order valence-electron chi connectivity index (χ0n) is 11.9. The SMILES string of the molecule is Cc1ccccc1NCCc1nc2ccccc2n1C. The third-order valence-corrected chi connectivity index (χ3v) is 3.69. The topological polar surface area (TPSA) is 29.9 Å². The average molecular weight is 265 g/mol. The summed E-state index contributed by atoms with van der Waals surface area (Å²) in [5, 5.41) is 3.48. The molecule has 3 nitrogen and oxygen atoms in total. The van der Waals surface area contributed by atoms with Gasteiger partial charge in [0.05, 0.1) is 11.0 Å². The number of rotatable bonds is 4. The fraction of sp³-hybridized carbons (Fsp3) is 0.235. The highest BCUT2D eigenvalue weighted by Gasteiger charge is 2.06. The van der Waals surface area contributed by atoms with Crippen LogP contribution in [-0.2, 0) is 13.5 Å². The van der Waals surface area contributed by atoms with Gasteiger partial charge < -0.3 is 9.88 Å². The molecule has 0 aliphatic heterocycles. The minimum Gasteiger partial charge on any atom is -0.384 e. The van der Waals surface area contributed by atoms with Crippen LogP contribution >= 0.6 is 0 Å². The lowest BCUT2D eigenvalue weighted by Gasteiger charge is -2.09. The van der Waals surface area contributed by atoms with Crippen molar-refractivity contribution in [3.63, 3.8) is 0 Å². The molecule has 0 aliphatic rings. The molecule has 3 rings (SSSR count). The molecule has 3 heteroatoms. The molecule has 1 N–H and O–H groups in total. The molecule has 1 heterocycles. The minimum absolute atomic E-state index is 0.891. The molecule has 0 amide bonds. The molecular weight excluding hydrogens is 246 g/mol. The van der Waals surface area contributed by atoms with Crippen LogP contribution in [0.25, 0.3) is 11.0 Å². The van der Waals surface area contributed by atoms with Crippen molar-refractivity contribution in [2.45, 2.75) is 13.3 Å². The second-order valence-electron chi connectivity index (χ2n) is 5.07. The van der Waals surface area contributed by atoms with Crippen molar-refractivity contribution in [1.29, 1.82) is 0 Å². The van der Waals surface area contributed by atoms with E-state index in [0.717, 1.165) is 24.3 Å². The Kier molecular flexibility index (Phi) is 3.42.